The van der Waals surface area contributed by atoms with Crippen molar-refractivity contribution in [1.82, 2.24) is 15.3 Å². The molecule has 0 spiro atoms. The molecule has 1 unspecified atom stereocenters. The summed E-state index contributed by atoms with van der Waals surface area (Å²) in [5.41, 5.74) is 3.17. The fourth-order valence-corrected chi connectivity index (χ4v) is 2.38. The number of halogens is 1. The summed E-state index contributed by atoms with van der Waals surface area (Å²) in [7, 11) is 1.60. The van der Waals surface area contributed by atoms with Crippen molar-refractivity contribution in [1.29, 1.82) is 0 Å². The second kappa shape index (κ2) is 7.38. The molecule has 0 aliphatic heterocycles. The Hall–Kier alpha value is -1.65. The van der Waals surface area contributed by atoms with Crippen LogP contribution in [0.3, 0.4) is 0 Å². The van der Waals surface area contributed by atoms with Gasteiger partial charge >= 0.3 is 0 Å². The first kappa shape index (κ1) is 15.7. The van der Waals surface area contributed by atoms with Gasteiger partial charge in [0.05, 0.1) is 7.11 Å². The van der Waals surface area contributed by atoms with Gasteiger partial charge in [0.2, 0.25) is 5.88 Å². The normalized spacial score (nSPS) is 12.2. The molecule has 112 valence electrons. The van der Waals surface area contributed by atoms with Gasteiger partial charge in [-0.05, 0) is 30.7 Å². The van der Waals surface area contributed by atoms with E-state index in [2.05, 4.69) is 28.3 Å². The van der Waals surface area contributed by atoms with Crippen LogP contribution >= 0.6 is 11.6 Å². The van der Waals surface area contributed by atoms with Gasteiger partial charge in [0.15, 0.2) is 0 Å². The van der Waals surface area contributed by atoms with Gasteiger partial charge in [-0.1, -0.05) is 30.7 Å². The van der Waals surface area contributed by atoms with Gasteiger partial charge in [-0.25, -0.2) is 9.97 Å². The van der Waals surface area contributed by atoms with Crippen molar-refractivity contribution in [3.05, 3.63) is 52.4 Å². The molecule has 0 saturated carbocycles. The van der Waals surface area contributed by atoms with Gasteiger partial charge in [0.1, 0.15) is 6.33 Å². The van der Waals surface area contributed by atoms with Gasteiger partial charge in [-0.2, -0.15) is 0 Å². The van der Waals surface area contributed by atoms with E-state index in [-0.39, 0.29) is 6.04 Å². The molecule has 4 nitrogen and oxygen atoms in total. The van der Waals surface area contributed by atoms with Crippen LogP contribution in [0.1, 0.15) is 29.8 Å². The van der Waals surface area contributed by atoms with Crippen LogP contribution < -0.4 is 10.1 Å². The molecule has 1 N–H and O–H groups in total. The maximum atomic E-state index is 6.24. The molecule has 0 amide bonds. The van der Waals surface area contributed by atoms with Crippen LogP contribution in [0.4, 0.5) is 0 Å². The van der Waals surface area contributed by atoms with Crippen LogP contribution in [-0.2, 0) is 6.42 Å². The number of methoxy groups -OCH3 is 1. The first-order valence-electron chi connectivity index (χ1n) is 6.98. The van der Waals surface area contributed by atoms with Crippen LogP contribution in [0.25, 0.3) is 0 Å². The van der Waals surface area contributed by atoms with E-state index < -0.39 is 0 Å². The van der Waals surface area contributed by atoms with Crippen molar-refractivity contribution in [2.24, 2.45) is 0 Å². The fraction of sp³-hybridized carbons (Fsp3) is 0.375. The van der Waals surface area contributed by atoms with E-state index >= 15 is 0 Å². The average Bonchev–Trinajstić information content (AvgIpc) is 2.50. The number of hydrogen-bond donors (Lipinski definition) is 1. The van der Waals surface area contributed by atoms with E-state index in [1.807, 2.05) is 25.1 Å². The van der Waals surface area contributed by atoms with E-state index in [0.717, 1.165) is 34.8 Å². The molecule has 2 rings (SSSR count). The smallest absolute Gasteiger partial charge is 0.216 e. The first-order valence-corrected chi connectivity index (χ1v) is 7.36. The van der Waals surface area contributed by atoms with Gasteiger partial charge < -0.3 is 10.1 Å². The van der Waals surface area contributed by atoms with E-state index in [0.29, 0.717) is 5.88 Å². The fourth-order valence-electron chi connectivity index (χ4n) is 2.19. The molecule has 5 heteroatoms. The monoisotopic (exact) mass is 305 g/mol. The van der Waals surface area contributed by atoms with Gasteiger partial charge in [-0.3, -0.25) is 0 Å². The van der Waals surface area contributed by atoms with Crippen LogP contribution in [0.2, 0.25) is 5.02 Å². The second-order valence-corrected chi connectivity index (χ2v) is 5.28. The Kier molecular flexibility index (Phi) is 5.53. The lowest BCUT2D eigenvalue weighted by molar-refractivity contribution is 0.395. The standard InChI is InChI=1S/C16H20ClN3O/c1-4-18-15(12-6-5-11(2)14(17)7-12)8-13-9-16(21-3)20-10-19-13/h5-7,9-10,15,18H,4,8H2,1-3H3. The van der Waals surface area contributed by atoms with Crippen LogP contribution in [0, 0.1) is 6.92 Å². The largest absolute Gasteiger partial charge is 0.481 e. The van der Waals surface area contributed by atoms with Gasteiger partial charge in [0.25, 0.3) is 0 Å². The molecule has 0 bridgehead atoms. The molecule has 1 aromatic carbocycles. The van der Waals surface area contributed by atoms with Crippen LogP contribution in [0.15, 0.2) is 30.6 Å². The molecule has 1 atom stereocenters. The summed E-state index contributed by atoms with van der Waals surface area (Å²) < 4.78 is 5.14. The number of benzene rings is 1. The number of nitrogens with one attached hydrogen (secondary N) is 1. The number of ether oxygens (including phenoxy) is 1. The molecule has 1 heterocycles. The lowest BCUT2D eigenvalue weighted by atomic mass is 10.0. The number of nitrogens with zero attached hydrogens (tertiary/aromatic N) is 2. The Morgan fingerprint density at radius 2 is 2.10 bits per heavy atom. The van der Waals surface area contributed by atoms with E-state index in [1.54, 1.807) is 7.11 Å². The molecule has 1 aromatic heterocycles. The maximum Gasteiger partial charge on any atom is 0.216 e. The van der Waals surface area contributed by atoms with Gasteiger partial charge in [0, 0.05) is 29.2 Å². The molecular weight excluding hydrogens is 286 g/mol. The number of rotatable bonds is 6. The number of aromatic nitrogens is 2. The minimum absolute atomic E-state index is 0.160. The molecular formula is C16H20ClN3O. The van der Waals surface area contributed by atoms with Crippen molar-refractivity contribution < 1.29 is 4.74 Å². The summed E-state index contributed by atoms with van der Waals surface area (Å²) in [5, 5.41) is 4.26. The lowest BCUT2D eigenvalue weighted by Crippen LogP contribution is -2.23. The van der Waals surface area contributed by atoms with E-state index in [4.69, 9.17) is 16.3 Å². The average molecular weight is 306 g/mol. The predicted molar refractivity (Wildman–Crippen MR) is 84.9 cm³/mol. The van der Waals surface area contributed by atoms with Crippen LogP contribution in [-0.4, -0.2) is 23.6 Å². The lowest BCUT2D eigenvalue weighted by Gasteiger charge is -2.19. The molecule has 0 aliphatic rings. The zero-order valence-electron chi connectivity index (χ0n) is 12.6. The number of hydrogen-bond acceptors (Lipinski definition) is 4. The first-order chi connectivity index (χ1) is 10.1. The van der Waals surface area contributed by atoms with Crippen LogP contribution in [0.5, 0.6) is 5.88 Å². The Bertz CT molecular complexity index is 604. The van der Waals surface area contributed by atoms with Crippen molar-refractivity contribution in [3.8, 4) is 5.88 Å². The third-order valence-electron chi connectivity index (χ3n) is 3.37. The molecule has 0 saturated heterocycles. The van der Waals surface area contributed by atoms with Crippen molar-refractivity contribution >= 4 is 11.6 Å². The van der Waals surface area contributed by atoms with Crippen molar-refractivity contribution in [3.63, 3.8) is 0 Å². The Morgan fingerprint density at radius 3 is 2.76 bits per heavy atom. The highest BCUT2D eigenvalue weighted by Gasteiger charge is 2.13. The molecule has 0 radical (unpaired) electrons. The van der Waals surface area contributed by atoms with E-state index in [9.17, 15) is 0 Å². The summed E-state index contributed by atoms with van der Waals surface area (Å²) >= 11 is 6.24. The quantitative estimate of drug-likeness (QED) is 0.889. The van der Waals surface area contributed by atoms with E-state index in [1.165, 1.54) is 6.33 Å². The van der Waals surface area contributed by atoms with Crippen molar-refractivity contribution in [2.75, 3.05) is 13.7 Å². The minimum atomic E-state index is 0.160. The highest BCUT2D eigenvalue weighted by atomic mass is 35.5. The Labute approximate surface area is 130 Å². The highest BCUT2D eigenvalue weighted by molar-refractivity contribution is 6.31. The summed E-state index contributed by atoms with van der Waals surface area (Å²) in [5.74, 6) is 0.581. The zero-order chi connectivity index (χ0) is 15.2. The molecule has 0 aliphatic carbocycles. The van der Waals surface area contributed by atoms with Crippen molar-refractivity contribution in [2.45, 2.75) is 26.3 Å². The number of aryl methyl sites for hydroxylation is 1. The van der Waals surface area contributed by atoms with Gasteiger partial charge in [-0.15, -0.1) is 0 Å². The minimum Gasteiger partial charge on any atom is -0.481 e. The Balaban J connectivity index is 2.23. The molecule has 0 fully saturated rings. The topological polar surface area (TPSA) is 47.0 Å². The maximum absolute atomic E-state index is 6.24. The summed E-state index contributed by atoms with van der Waals surface area (Å²) in [6.45, 7) is 4.96. The zero-order valence-corrected chi connectivity index (χ0v) is 13.3. The third-order valence-corrected chi connectivity index (χ3v) is 3.78. The highest BCUT2D eigenvalue weighted by Crippen LogP contribution is 2.24. The molecule has 21 heavy (non-hydrogen) atoms. The third kappa shape index (κ3) is 4.16. The predicted octanol–water partition coefficient (Wildman–Crippen LogP) is 3.34. The number of likely N-dealkylation sites (N-methyl/N-ethyl adjacent to an activating group) is 1. The Morgan fingerprint density at radius 1 is 1.29 bits per heavy atom. The summed E-state index contributed by atoms with van der Waals surface area (Å²) in [6.07, 6.45) is 2.28. The summed E-state index contributed by atoms with van der Waals surface area (Å²) in [4.78, 5) is 8.35. The summed E-state index contributed by atoms with van der Waals surface area (Å²) in [6, 6.07) is 8.19. The molecule has 2 aromatic rings. The SMILES string of the molecule is CCNC(Cc1cc(OC)ncn1)c1ccc(C)c(Cl)c1. The second-order valence-electron chi connectivity index (χ2n) is 4.87.